The van der Waals surface area contributed by atoms with Crippen molar-refractivity contribution in [2.75, 3.05) is 11.9 Å². The largest absolute Gasteiger partial charge is 0.391 e. The van der Waals surface area contributed by atoms with Gasteiger partial charge in [0.2, 0.25) is 5.82 Å². The molecule has 2 atom stereocenters. The Kier molecular flexibility index (Phi) is 3.51. The van der Waals surface area contributed by atoms with E-state index in [2.05, 4.69) is 5.10 Å². The zero-order valence-electron chi connectivity index (χ0n) is 10.6. The first kappa shape index (κ1) is 12.8. The summed E-state index contributed by atoms with van der Waals surface area (Å²) in [6.45, 7) is 0. The van der Waals surface area contributed by atoms with Gasteiger partial charge in [0, 0.05) is 14.1 Å². The van der Waals surface area contributed by atoms with E-state index < -0.39 is 11.0 Å². The Morgan fingerprint density at radius 2 is 2.22 bits per heavy atom. The number of aryl methyl sites for hydroxylation is 1. The van der Waals surface area contributed by atoms with Crippen molar-refractivity contribution in [3.05, 3.63) is 16.3 Å². The molecule has 1 heterocycles. The lowest BCUT2D eigenvalue weighted by Gasteiger charge is -2.34. The zero-order valence-corrected chi connectivity index (χ0v) is 10.6. The minimum Gasteiger partial charge on any atom is -0.391 e. The van der Waals surface area contributed by atoms with E-state index in [-0.39, 0.29) is 11.7 Å². The Bertz CT molecular complexity index is 445. The molecule has 100 valence electrons. The maximum Gasteiger partial charge on any atom is 0.330 e. The highest BCUT2D eigenvalue weighted by Crippen LogP contribution is 2.31. The molecule has 1 saturated carbocycles. The molecule has 0 spiro atoms. The average Bonchev–Trinajstić information content (AvgIpc) is 2.71. The van der Waals surface area contributed by atoms with Gasteiger partial charge >= 0.3 is 5.69 Å². The van der Waals surface area contributed by atoms with Gasteiger partial charge in [0.1, 0.15) is 6.20 Å². The van der Waals surface area contributed by atoms with Crippen molar-refractivity contribution >= 4 is 11.5 Å². The number of anilines is 1. The highest BCUT2D eigenvalue weighted by atomic mass is 16.6. The third-order valence-electron chi connectivity index (χ3n) is 3.51. The predicted octanol–water partition coefficient (Wildman–Crippen LogP) is 1.07. The van der Waals surface area contributed by atoms with Gasteiger partial charge < -0.3 is 10.0 Å². The Balaban J connectivity index is 2.27. The van der Waals surface area contributed by atoms with Crippen molar-refractivity contribution in [1.82, 2.24) is 9.78 Å². The van der Waals surface area contributed by atoms with Crippen LogP contribution in [0.4, 0.5) is 11.5 Å². The van der Waals surface area contributed by atoms with Crippen molar-refractivity contribution in [1.29, 1.82) is 0 Å². The molecule has 0 amide bonds. The average molecular weight is 254 g/mol. The molecule has 0 saturated heterocycles. The molecule has 1 N–H and O–H groups in total. The second-order valence-corrected chi connectivity index (χ2v) is 4.80. The van der Waals surface area contributed by atoms with Crippen molar-refractivity contribution in [2.24, 2.45) is 7.05 Å². The second kappa shape index (κ2) is 4.93. The van der Waals surface area contributed by atoms with Crippen LogP contribution in [0.5, 0.6) is 0 Å². The summed E-state index contributed by atoms with van der Waals surface area (Å²) >= 11 is 0. The summed E-state index contributed by atoms with van der Waals surface area (Å²) in [7, 11) is 3.41. The monoisotopic (exact) mass is 254 g/mol. The summed E-state index contributed by atoms with van der Waals surface area (Å²) in [6.07, 6.45) is 4.58. The summed E-state index contributed by atoms with van der Waals surface area (Å²) in [6, 6.07) is -0.0904. The van der Waals surface area contributed by atoms with E-state index in [0.717, 1.165) is 25.7 Å². The first-order chi connectivity index (χ1) is 8.50. The highest BCUT2D eigenvalue weighted by Gasteiger charge is 2.32. The van der Waals surface area contributed by atoms with Crippen LogP contribution in [-0.2, 0) is 7.05 Å². The maximum absolute atomic E-state index is 11.0. The van der Waals surface area contributed by atoms with Gasteiger partial charge in [-0.05, 0) is 12.8 Å². The standard InChI is InChI=1S/C11H18N4O3/c1-13-7-9(15(17)18)11(12-13)14(2)8-5-3-4-6-10(8)16/h7-8,10,16H,3-6H2,1-2H3. The first-order valence-corrected chi connectivity index (χ1v) is 6.09. The number of rotatable bonds is 3. The molecular weight excluding hydrogens is 236 g/mol. The molecule has 1 aliphatic carbocycles. The summed E-state index contributed by atoms with van der Waals surface area (Å²) in [5.74, 6) is 0.327. The molecule has 0 aromatic carbocycles. The number of aromatic nitrogens is 2. The molecule has 7 heteroatoms. The number of aliphatic hydroxyl groups excluding tert-OH is 1. The number of likely N-dealkylation sites (N-methyl/N-ethyl adjacent to an activating group) is 1. The molecule has 2 rings (SSSR count). The van der Waals surface area contributed by atoms with Crippen LogP contribution in [0.1, 0.15) is 25.7 Å². The Hall–Kier alpha value is -1.63. The minimum absolute atomic E-state index is 0.0160. The van der Waals surface area contributed by atoms with Gasteiger partial charge in [-0.2, -0.15) is 0 Å². The molecule has 7 nitrogen and oxygen atoms in total. The Labute approximate surface area is 105 Å². The molecule has 0 bridgehead atoms. The summed E-state index contributed by atoms with van der Waals surface area (Å²) in [5.41, 5.74) is -0.0160. The van der Waals surface area contributed by atoms with Crippen LogP contribution in [0, 0.1) is 10.1 Å². The van der Waals surface area contributed by atoms with Crippen LogP contribution >= 0.6 is 0 Å². The molecular formula is C11H18N4O3. The van der Waals surface area contributed by atoms with Crippen molar-refractivity contribution in [3.63, 3.8) is 0 Å². The summed E-state index contributed by atoms with van der Waals surface area (Å²) in [4.78, 5) is 12.3. The van der Waals surface area contributed by atoms with E-state index in [0.29, 0.717) is 5.82 Å². The SMILES string of the molecule is CN(c1nn(C)cc1[N+](=O)[O-])C1CCCCC1O. The number of nitrogens with zero attached hydrogens (tertiary/aromatic N) is 4. The zero-order chi connectivity index (χ0) is 13.3. The van der Waals surface area contributed by atoms with E-state index >= 15 is 0 Å². The van der Waals surface area contributed by atoms with Gasteiger partial charge in [0.05, 0.1) is 17.1 Å². The number of aliphatic hydroxyl groups is 1. The Morgan fingerprint density at radius 1 is 1.56 bits per heavy atom. The molecule has 1 aromatic heterocycles. The first-order valence-electron chi connectivity index (χ1n) is 6.09. The lowest BCUT2D eigenvalue weighted by atomic mass is 9.91. The normalized spacial score (nSPS) is 23.9. The van der Waals surface area contributed by atoms with Crippen LogP contribution in [0.25, 0.3) is 0 Å². The van der Waals surface area contributed by atoms with Crippen LogP contribution in [-0.4, -0.2) is 39.0 Å². The van der Waals surface area contributed by atoms with Gasteiger partial charge in [-0.15, -0.1) is 5.10 Å². The van der Waals surface area contributed by atoms with E-state index in [4.69, 9.17) is 0 Å². The molecule has 0 aliphatic heterocycles. The van der Waals surface area contributed by atoms with E-state index in [9.17, 15) is 15.2 Å². The molecule has 1 aliphatic rings. The quantitative estimate of drug-likeness (QED) is 0.644. The maximum atomic E-state index is 11.0. The fourth-order valence-corrected chi connectivity index (χ4v) is 2.54. The van der Waals surface area contributed by atoms with Crippen LogP contribution in [0.15, 0.2) is 6.20 Å². The molecule has 1 aromatic rings. The van der Waals surface area contributed by atoms with E-state index in [1.54, 1.807) is 19.0 Å². The smallest absolute Gasteiger partial charge is 0.330 e. The van der Waals surface area contributed by atoms with Gasteiger partial charge in [0.15, 0.2) is 0 Å². The topological polar surface area (TPSA) is 84.4 Å². The lowest BCUT2D eigenvalue weighted by Crippen LogP contribution is -2.43. The predicted molar refractivity (Wildman–Crippen MR) is 66.5 cm³/mol. The van der Waals surface area contributed by atoms with Crippen LogP contribution < -0.4 is 4.90 Å². The summed E-state index contributed by atoms with van der Waals surface area (Å²) in [5, 5.41) is 25.1. The number of nitro groups is 1. The number of hydrogen-bond acceptors (Lipinski definition) is 5. The fraction of sp³-hybridized carbons (Fsp3) is 0.727. The van der Waals surface area contributed by atoms with Crippen molar-refractivity contribution < 1.29 is 10.0 Å². The highest BCUT2D eigenvalue weighted by molar-refractivity contribution is 5.57. The van der Waals surface area contributed by atoms with Crippen molar-refractivity contribution in [2.45, 2.75) is 37.8 Å². The minimum atomic E-state index is -0.439. The van der Waals surface area contributed by atoms with Crippen molar-refractivity contribution in [3.8, 4) is 0 Å². The lowest BCUT2D eigenvalue weighted by molar-refractivity contribution is -0.384. The Morgan fingerprint density at radius 3 is 2.83 bits per heavy atom. The van der Waals surface area contributed by atoms with Gasteiger partial charge in [-0.25, -0.2) is 0 Å². The molecule has 1 fully saturated rings. The fourth-order valence-electron chi connectivity index (χ4n) is 2.54. The van der Waals surface area contributed by atoms with Crippen LogP contribution in [0.2, 0.25) is 0 Å². The van der Waals surface area contributed by atoms with Gasteiger partial charge in [-0.3, -0.25) is 14.8 Å². The molecule has 18 heavy (non-hydrogen) atoms. The molecule has 0 radical (unpaired) electrons. The van der Waals surface area contributed by atoms with E-state index in [1.807, 2.05) is 0 Å². The van der Waals surface area contributed by atoms with Gasteiger partial charge in [-0.1, -0.05) is 12.8 Å². The van der Waals surface area contributed by atoms with E-state index in [1.165, 1.54) is 10.9 Å². The number of hydrogen-bond donors (Lipinski definition) is 1. The van der Waals surface area contributed by atoms with Crippen LogP contribution in [0.3, 0.4) is 0 Å². The third-order valence-corrected chi connectivity index (χ3v) is 3.51. The summed E-state index contributed by atoms with van der Waals surface area (Å²) < 4.78 is 1.43. The van der Waals surface area contributed by atoms with Gasteiger partial charge in [0.25, 0.3) is 0 Å². The second-order valence-electron chi connectivity index (χ2n) is 4.80. The third kappa shape index (κ3) is 2.31. The molecule has 2 unspecified atom stereocenters.